The van der Waals surface area contributed by atoms with E-state index in [4.69, 9.17) is 21.7 Å². The summed E-state index contributed by atoms with van der Waals surface area (Å²) in [6.45, 7) is -0.229. The number of carbonyl (C=O) groups excluding carboxylic acids is 3. The summed E-state index contributed by atoms with van der Waals surface area (Å²) < 4.78 is 9.89. The van der Waals surface area contributed by atoms with E-state index in [-0.39, 0.29) is 47.3 Å². The van der Waals surface area contributed by atoms with Crippen molar-refractivity contribution in [3.05, 3.63) is 65.4 Å². The van der Waals surface area contributed by atoms with E-state index in [2.05, 4.69) is 21.5 Å². The van der Waals surface area contributed by atoms with Gasteiger partial charge in [-0.15, -0.1) is 0 Å². The van der Waals surface area contributed by atoms with Crippen molar-refractivity contribution in [2.75, 3.05) is 44.5 Å². The highest BCUT2D eigenvalue weighted by Gasteiger charge is 2.34. The third kappa shape index (κ3) is 6.25. The second-order valence-electron chi connectivity index (χ2n) is 7.23. The van der Waals surface area contributed by atoms with Crippen LogP contribution in [-0.4, -0.2) is 66.8 Å². The number of ether oxygens (including phenoxy) is 2. The van der Waals surface area contributed by atoms with Crippen molar-refractivity contribution < 1.29 is 29.0 Å². The Balaban J connectivity index is 1.70. The Hall–Kier alpha value is -4.16. The van der Waals surface area contributed by atoms with E-state index in [1.54, 1.807) is 55.6 Å². The minimum absolute atomic E-state index is 0.0182. The number of rotatable bonds is 8. The highest BCUT2D eigenvalue weighted by Crippen LogP contribution is 2.25. The largest absolute Gasteiger partial charge is 0.497 e. The Morgan fingerprint density at radius 1 is 1.09 bits per heavy atom. The van der Waals surface area contributed by atoms with Crippen LogP contribution in [0.1, 0.15) is 10.4 Å². The molecule has 0 spiro atoms. The maximum atomic E-state index is 12.8. The molecular weight excluding hydrogens is 474 g/mol. The number of nitrogens with one attached hydrogen (secondary N) is 4. The quantitative estimate of drug-likeness (QED) is 0.203. The average Bonchev–Trinajstić information content (AvgIpc) is 3.18. The van der Waals surface area contributed by atoms with Gasteiger partial charge in [0.1, 0.15) is 11.4 Å². The minimum Gasteiger partial charge on any atom is -0.497 e. The molecular formula is C23H25N5O6S. The normalized spacial score (nSPS) is 12.8. The summed E-state index contributed by atoms with van der Waals surface area (Å²) in [5.41, 5.74) is 6.37. The molecule has 0 saturated carbocycles. The number of β-amino-alcohol motifs (C(OH)–C–C–N with tert-alkyl or cyclic N) is 1. The topological polar surface area (TPSA) is 141 Å². The van der Waals surface area contributed by atoms with Gasteiger partial charge in [0.2, 0.25) is 0 Å². The molecule has 2 aromatic rings. The molecule has 12 heteroatoms. The van der Waals surface area contributed by atoms with Crippen molar-refractivity contribution in [2.45, 2.75) is 0 Å². The Morgan fingerprint density at radius 3 is 2.46 bits per heavy atom. The van der Waals surface area contributed by atoms with Crippen LogP contribution in [0.3, 0.4) is 0 Å². The molecule has 0 aliphatic carbocycles. The molecule has 0 unspecified atom stereocenters. The van der Waals surface area contributed by atoms with E-state index < -0.39 is 17.8 Å². The van der Waals surface area contributed by atoms with Crippen LogP contribution >= 0.6 is 12.2 Å². The summed E-state index contributed by atoms with van der Waals surface area (Å²) in [5, 5.41) is 15.2. The number of hydrogen-bond donors (Lipinski definition) is 5. The Labute approximate surface area is 207 Å². The van der Waals surface area contributed by atoms with E-state index >= 15 is 0 Å². The number of benzene rings is 2. The Kier molecular flexibility index (Phi) is 8.59. The number of methoxy groups -OCH3 is 2. The van der Waals surface area contributed by atoms with Gasteiger partial charge in [0.25, 0.3) is 11.8 Å². The van der Waals surface area contributed by atoms with Gasteiger partial charge in [-0.05, 0) is 48.6 Å². The second-order valence-corrected chi connectivity index (χ2v) is 7.64. The van der Waals surface area contributed by atoms with Crippen molar-refractivity contribution in [3.63, 3.8) is 0 Å². The monoisotopic (exact) mass is 499 g/mol. The molecule has 184 valence electrons. The molecule has 2 amide bonds. The fourth-order valence-corrected chi connectivity index (χ4v) is 3.46. The molecule has 1 aliphatic heterocycles. The van der Waals surface area contributed by atoms with Crippen LogP contribution < -0.4 is 26.2 Å². The summed E-state index contributed by atoms with van der Waals surface area (Å²) in [6.07, 6.45) is 0. The standard InChI is InChI=1S/C23H25N5O6S/c1-33-15-9-7-14(8-10-15)24-23(35)27-26-20(30)16-5-3-4-6-18(16)25-19-17(22(32)34-2)13-28(11-12-29)21(19)31/h3-10,25,29H,11-13H2,1-2H3,(H,26,30)(H2,24,27,35). The minimum atomic E-state index is -0.681. The molecule has 5 N–H and O–H groups in total. The lowest BCUT2D eigenvalue weighted by molar-refractivity contribution is -0.136. The number of nitrogens with zero attached hydrogens (tertiary/aromatic N) is 1. The van der Waals surface area contributed by atoms with Crippen molar-refractivity contribution >= 4 is 46.5 Å². The first-order chi connectivity index (χ1) is 16.9. The molecule has 35 heavy (non-hydrogen) atoms. The van der Waals surface area contributed by atoms with Gasteiger partial charge in [0.15, 0.2) is 5.11 Å². The van der Waals surface area contributed by atoms with Gasteiger partial charge < -0.3 is 30.1 Å². The molecule has 0 radical (unpaired) electrons. The lowest BCUT2D eigenvalue weighted by Crippen LogP contribution is -2.44. The Morgan fingerprint density at radius 2 is 1.80 bits per heavy atom. The number of carbonyl (C=O) groups is 3. The van der Waals surface area contributed by atoms with Crippen molar-refractivity contribution in [1.29, 1.82) is 0 Å². The van der Waals surface area contributed by atoms with Gasteiger partial charge in [0, 0.05) is 12.2 Å². The van der Waals surface area contributed by atoms with Crippen LogP contribution in [0.2, 0.25) is 0 Å². The number of hydrogen-bond acceptors (Lipinski definition) is 8. The van der Waals surface area contributed by atoms with Crippen molar-refractivity contribution in [2.24, 2.45) is 0 Å². The summed E-state index contributed by atoms with van der Waals surface area (Å²) >= 11 is 5.21. The summed E-state index contributed by atoms with van der Waals surface area (Å²) in [5.74, 6) is -1.01. The third-order valence-electron chi connectivity index (χ3n) is 5.02. The second kappa shape index (κ2) is 11.8. The predicted octanol–water partition coefficient (Wildman–Crippen LogP) is 1.00. The third-order valence-corrected chi connectivity index (χ3v) is 5.23. The highest BCUT2D eigenvalue weighted by atomic mass is 32.1. The molecule has 0 atom stereocenters. The SMILES string of the molecule is COC(=O)C1=C(Nc2ccccc2C(=O)NNC(=S)Nc2ccc(OC)cc2)C(=O)N(CCO)C1. The number of para-hydroxylation sites is 1. The number of aliphatic hydroxyl groups is 1. The van der Waals surface area contributed by atoms with E-state index in [1.165, 1.54) is 12.0 Å². The molecule has 2 aromatic carbocycles. The zero-order valence-corrected chi connectivity index (χ0v) is 19.9. The van der Waals surface area contributed by atoms with Crippen LogP contribution in [0, 0.1) is 0 Å². The first kappa shape index (κ1) is 25.5. The zero-order chi connectivity index (χ0) is 25.4. The number of anilines is 2. The average molecular weight is 500 g/mol. The lowest BCUT2D eigenvalue weighted by atomic mass is 10.1. The maximum absolute atomic E-state index is 12.8. The molecule has 0 aromatic heterocycles. The number of esters is 1. The summed E-state index contributed by atoms with van der Waals surface area (Å²) in [4.78, 5) is 39.1. The van der Waals surface area contributed by atoms with Gasteiger partial charge in [-0.1, -0.05) is 12.1 Å². The smallest absolute Gasteiger partial charge is 0.337 e. The first-order valence-corrected chi connectivity index (χ1v) is 10.9. The van der Waals surface area contributed by atoms with Crippen LogP contribution in [0.25, 0.3) is 0 Å². The molecule has 3 rings (SSSR count). The molecule has 0 bridgehead atoms. The predicted molar refractivity (Wildman–Crippen MR) is 133 cm³/mol. The molecule has 1 heterocycles. The fourth-order valence-electron chi connectivity index (χ4n) is 3.29. The van der Waals surface area contributed by atoms with Crippen molar-refractivity contribution in [3.8, 4) is 5.75 Å². The fraction of sp³-hybridized carbons (Fsp3) is 0.217. The summed E-state index contributed by atoms with van der Waals surface area (Å²) in [7, 11) is 2.78. The highest BCUT2D eigenvalue weighted by molar-refractivity contribution is 7.80. The van der Waals surface area contributed by atoms with Gasteiger partial charge in [-0.2, -0.15) is 0 Å². The van der Waals surface area contributed by atoms with Crippen LogP contribution in [0.5, 0.6) is 5.75 Å². The maximum Gasteiger partial charge on any atom is 0.337 e. The molecule has 11 nitrogen and oxygen atoms in total. The van der Waals surface area contributed by atoms with Crippen LogP contribution in [-0.2, 0) is 14.3 Å². The number of thiocarbonyl (C=S) groups is 1. The van der Waals surface area contributed by atoms with Crippen LogP contribution in [0.15, 0.2) is 59.8 Å². The zero-order valence-electron chi connectivity index (χ0n) is 19.1. The van der Waals surface area contributed by atoms with Crippen molar-refractivity contribution in [1.82, 2.24) is 15.8 Å². The number of aliphatic hydroxyl groups excluding tert-OH is 1. The number of amides is 2. The first-order valence-electron chi connectivity index (χ1n) is 10.5. The van der Waals surface area contributed by atoms with Gasteiger partial charge in [0.05, 0.1) is 44.2 Å². The van der Waals surface area contributed by atoms with Gasteiger partial charge in [-0.3, -0.25) is 20.4 Å². The Bertz CT molecular complexity index is 1150. The number of hydrazine groups is 1. The van der Waals surface area contributed by atoms with Crippen LogP contribution in [0.4, 0.5) is 11.4 Å². The molecule has 0 saturated heterocycles. The van der Waals surface area contributed by atoms with E-state index in [1.807, 2.05) is 0 Å². The molecule has 1 aliphatic rings. The summed E-state index contributed by atoms with van der Waals surface area (Å²) in [6, 6.07) is 13.5. The molecule has 0 fully saturated rings. The lowest BCUT2D eigenvalue weighted by Gasteiger charge is -2.16. The van der Waals surface area contributed by atoms with E-state index in [9.17, 15) is 19.5 Å². The van der Waals surface area contributed by atoms with E-state index in [0.29, 0.717) is 11.4 Å². The van der Waals surface area contributed by atoms with E-state index in [0.717, 1.165) is 0 Å². The van der Waals surface area contributed by atoms with Gasteiger partial charge in [-0.25, -0.2) is 4.79 Å². The van der Waals surface area contributed by atoms with Gasteiger partial charge >= 0.3 is 5.97 Å².